The van der Waals surface area contributed by atoms with Gasteiger partial charge in [0.25, 0.3) is 0 Å². The van der Waals surface area contributed by atoms with Crippen molar-refractivity contribution in [2.45, 2.75) is 19.4 Å². The molecule has 0 aliphatic heterocycles. The first-order valence-electron chi connectivity index (χ1n) is 4.89. The lowest BCUT2D eigenvalue weighted by molar-refractivity contribution is -0.118. The zero-order chi connectivity index (χ0) is 12.0. The van der Waals surface area contributed by atoms with E-state index < -0.39 is 5.97 Å². The molecule has 0 fully saturated rings. The van der Waals surface area contributed by atoms with E-state index >= 15 is 0 Å². The van der Waals surface area contributed by atoms with Gasteiger partial charge < -0.3 is 16.2 Å². The summed E-state index contributed by atoms with van der Waals surface area (Å²) in [5, 5.41) is 13.4. The highest BCUT2D eigenvalue weighted by Crippen LogP contribution is 2.14. The molecule has 1 aromatic heterocycles. The molecule has 0 saturated carbocycles. The average Bonchev–Trinajstić information content (AvgIpc) is 2.65. The number of primary amides is 1. The molecule has 0 bridgehead atoms. The second-order valence-electron chi connectivity index (χ2n) is 3.35. The topological polar surface area (TPSA) is 92.4 Å². The van der Waals surface area contributed by atoms with Crippen molar-refractivity contribution >= 4 is 23.2 Å². The van der Waals surface area contributed by atoms with Gasteiger partial charge in [-0.2, -0.15) is 0 Å². The maximum atomic E-state index is 10.6. The van der Waals surface area contributed by atoms with Gasteiger partial charge >= 0.3 is 5.97 Å². The van der Waals surface area contributed by atoms with E-state index in [-0.39, 0.29) is 5.91 Å². The van der Waals surface area contributed by atoms with E-state index in [1.165, 1.54) is 11.3 Å². The number of carbonyl (C=O) groups is 2. The molecule has 0 aliphatic rings. The smallest absolute Gasteiger partial charge is 0.336 e. The number of thiophene rings is 1. The number of nitrogens with two attached hydrogens (primary N) is 1. The van der Waals surface area contributed by atoms with Gasteiger partial charge in [0.1, 0.15) is 0 Å². The maximum Gasteiger partial charge on any atom is 0.336 e. The minimum Gasteiger partial charge on any atom is -0.478 e. The van der Waals surface area contributed by atoms with Gasteiger partial charge in [0.05, 0.1) is 5.56 Å². The predicted molar refractivity (Wildman–Crippen MR) is 61.4 cm³/mol. The van der Waals surface area contributed by atoms with Gasteiger partial charge in [-0.1, -0.05) is 0 Å². The number of amides is 1. The molecule has 0 radical (unpaired) electrons. The highest BCUT2D eigenvalue weighted by atomic mass is 32.1. The van der Waals surface area contributed by atoms with Gasteiger partial charge in [0.2, 0.25) is 5.91 Å². The first-order chi connectivity index (χ1) is 7.59. The van der Waals surface area contributed by atoms with E-state index in [0.717, 1.165) is 4.88 Å². The summed E-state index contributed by atoms with van der Waals surface area (Å²) in [5.41, 5.74) is 5.31. The number of carbonyl (C=O) groups excluding carboxylic acids is 1. The van der Waals surface area contributed by atoms with Crippen LogP contribution in [-0.2, 0) is 11.3 Å². The van der Waals surface area contributed by atoms with E-state index in [0.29, 0.717) is 31.5 Å². The third kappa shape index (κ3) is 4.41. The Bertz CT molecular complexity index is 376. The second kappa shape index (κ2) is 6.24. The number of hydrogen-bond donors (Lipinski definition) is 3. The summed E-state index contributed by atoms with van der Waals surface area (Å²) >= 11 is 1.41. The normalized spacial score (nSPS) is 10.2. The van der Waals surface area contributed by atoms with Crippen LogP contribution in [0.15, 0.2) is 11.4 Å². The van der Waals surface area contributed by atoms with Gasteiger partial charge in [0, 0.05) is 23.2 Å². The fourth-order valence-corrected chi connectivity index (χ4v) is 2.01. The Hall–Kier alpha value is -1.40. The van der Waals surface area contributed by atoms with E-state index in [2.05, 4.69) is 5.32 Å². The summed E-state index contributed by atoms with van der Waals surface area (Å²) in [6.45, 7) is 1.32. The number of hydrogen-bond acceptors (Lipinski definition) is 4. The lowest BCUT2D eigenvalue weighted by Crippen LogP contribution is -2.17. The minimum absolute atomic E-state index is 0.300. The maximum absolute atomic E-state index is 10.6. The summed E-state index contributed by atoms with van der Waals surface area (Å²) in [5.74, 6) is -1.21. The number of aromatic carboxylic acids is 1. The van der Waals surface area contributed by atoms with E-state index in [4.69, 9.17) is 10.8 Å². The van der Waals surface area contributed by atoms with Crippen LogP contribution in [0.4, 0.5) is 0 Å². The molecule has 88 valence electrons. The summed E-state index contributed by atoms with van der Waals surface area (Å²) in [6, 6.07) is 1.65. The first kappa shape index (κ1) is 12.7. The number of rotatable bonds is 7. The molecule has 6 heteroatoms. The van der Waals surface area contributed by atoms with Gasteiger partial charge in [-0.3, -0.25) is 4.79 Å². The lowest BCUT2D eigenvalue weighted by atomic mass is 10.3. The third-order valence-corrected chi connectivity index (χ3v) is 2.91. The van der Waals surface area contributed by atoms with Crippen LogP contribution < -0.4 is 11.1 Å². The standard InChI is InChI=1S/C10H14N2O3S/c11-9(13)2-1-3-12-5-8-4-7(6-16-8)10(14)15/h4,6,12H,1-3,5H2,(H2,11,13)(H,14,15). The van der Waals surface area contributed by atoms with Crippen molar-refractivity contribution in [3.05, 3.63) is 21.9 Å². The molecule has 0 aromatic carbocycles. The Morgan fingerprint density at radius 2 is 2.25 bits per heavy atom. The third-order valence-electron chi connectivity index (χ3n) is 1.98. The molecule has 1 heterocycles. The first-order valence-corrected chi connectivity index (χ1v) is 5.77. The van der Waals surface area contributed by atoms with Crippen LogP contribution >= 0.6 is 11.3 Å². The van der Waals surface area contributed by atoms with Crippen LogP contribution in [0.3, 0.4) is 0 Å². The predicted octanol–water partition coefficient (Wildman–Crippen LogP) is 0.801. The Balaban J connectivity index is 2.21. The summed E-state index contributed by atoms with van der Waals surface area (Å²) < 4.78 is 0. The number of carboxylic acid groups (broad SMARTS) is 1. The van der Waals surface area contributed by atoms with Crippen LogP contribution in [0.2, 0.25) is 0 Å². The van der Waals surface area contributed by atoms with Crippen LogP contribution in [0.1, 0.15) is 28.1 Å². The highest BCUT2D eigenvalue weighted by molar-refractivity contribution is 7.10. The van der Waals surface area contributed by atoms with E-state index in [1.54, 1.807) is 11.4 Å². The van der Waals surface area contributed by atoms with Crippen molar-refractivity contribution in [1.29, 1.82) is 0 Å². The van der Waals surface area contributed by atoms with Crippen LogP contribution in [0, 0.1) is 0 Å². The zero-order valence-electron chi connectivity index (χ0n) is 8.73. The van der Waals surface area contributed by atoms with Crippen LogP contribution in [0.25, 0.3) is 0 Å². The number of carboxylic acids is 1. The molecule has 0 aliphatic carbocycles. The van der Waals surface area contributed by atoms with Gasteiger partial charge in [-0.25, -0.2) is 4.79 Å². The molecule has 0 spiro atoms. The van der Waals surface area contributed by atoms with E-state index in [1.807, 2.05) is 0 Å². The molecule has 16 heavy (non-hydrogen) atoms. The quantitative estimate of drug-likeness (QED) is 0.617. The Morgan fingerprint density at radius 3 is 2.81 bits per heavy atom. The molecule has 0 unspecified atom stereocenters. The summed E-state index contributed by atoms with van der Waals surface area (Å²) in [4.78, 5) is 22.0. The van der Waals surface area contributed by atoms with Gasteiger partial charge in [-0.15, -0.1) is 11.3 Å². The van der Waals surface area contributed by atoms with Gasteiger partial charge in [0.15, 0.2) is 0 Å². The average molecular weight is 242 g/mol. The van der Waals surface area contributed by atoms with Gasteiger partial charge in [-0.05, 0) is 19.0 Å². The molecule has 1 aromatic rings. The fourth-order valence-electron chi connectivity index (χ4n) is 1.18. The molecule has 0 saturated heterocycles. The van der Waals surface area contributed by atoms with Crippen molar-refractivity contribution < 1.29 is 14.7 Å². The Labute approximate surface area is 97.3 Å². The zero-order valence-corrected chi connectivity index (χ0v) is 9.55. The molecule has 0 atom stereocenters. The van der Waals surface area contributed by atoms with Crippen molar-refractivity contribution in [2.75, 3.05) is 6.54 Å². The fraction of sp³-hybridized carbons (Fsp3) is 0.400. The van der Waals surface area contributed by atoms with Crippen molar-refractivity contribution in [3.8, 4) is 0 Å². The minimum atomic E-state index is -0.906. The molecule has 1 rings (SSSR count). The molecular weight excluding hydrogens is 228 g/mol. The van der Waals surface area contributed by atoms with Crippen molar-refractivity contribution in [2.24, 2.45) is 5.73 Å². The van der Waals surface area contributed by atoms with Crippen molar-refractivity contribution in [1.82, 2.24) is 5.32 Å². The monoisotopic (exact) mass is 242 g/mol. The summed E-state index contributed by atoms with van der Waals surface area (Å²) in [7, 11) is 0. The summed E-state index contributed by atoms with van der Waals surface area (Å²) in [6.07, 6.45) is 1.07. The molecular formula is C10H14N2O3S. The van der Waals surface area contributed by atoms with Crippen LogP contribution in [0.5, 0.6) is 0 Å². The Kier molecular flexibility index (Phi) is 4.94. The van der Waals surface area contributed by atoms with E-state index in [9.17, 15) is 9.59 Å². The SMILES string of the molecule is NC(=O)CCCNCc1cc(C(=O)O)cs1. The highest BCUT2D eigenvalue weighted by Gasteiger charge is 2.05. The largest absolute Gasteiger partial charge is 0.478 e. The second-order valence-corrected chi connectivity index (χ2v) is 4.35. The molecule has 4 N–H and O–H groups in total. The molecule has 5 nitrogen and oxygen atoms in total. The van der Waals surface area contributed by atoms with Crippen molar-refractivity contribution in [3.63, 3.8) is 0 Å². The Morgan fingerprint density at radius 1 is 1.50 bits per heavy atom. The van der Waals surface area contributed by atoms with Crippen LogP contribution in [-0.4, -0.2) is 23.5 Å². The number of nitrogens with one attached hydrogen (secondary N) is 1. The molecule has 1 amide bonds. The lowest BCUT2D eigenvalue weighted by Gasteiger charge is -2.00.